The molecule has 0 saturated carbocycles. The van der Waals surface area contributed by atoms with Gasteiger partial charge >= 0.3 is 0 Å². The minimum absolute atomic E-state index is 0.0654. The number of piperazine rings is 1. The molecule has 7 nitrogen and oxygen atoms in total. The summed E-state index contributed by atoms with van der Waals surface area (Å²) in [5, 5.41) is 9.06. The van der Waals surface area contributed by atoms with Gasteiger partial charge in [-0.1, -0.05) is 29.8 Å². The number of hydrogen-bond acceptors (Lipinski definition) is 5. The molecular formula is C22H26N4O3. The maximum absolute atomic E-state index is 13.2. The zero-order valence-electron chi connectivity index (χ0n) is 17.0. The van der Waals surface area contributed by atoms with Crippen LogP contribution in [0.3, 0.4) is 0 Å². The Labute approximate surface area is 170 Å². The first-order valence-electron chi connectivity index (χ1n) is 9.89. The average Bonchev–Trinajstić information content (AvgIpc) is 3.36. The van der Waals surface area contributed by atoms with Crippen LogP contribution in [0.4, 0.5) is 0 Å². The maximum atomic E-state index is 13.2. The molecule has 1 fully saturated rings. The van der Waals surface area contributed by atoms with Crippen molar-refractivity contribution >= 4 is 17.5 Å². The zero-order chi connectivity index (χ0) is 20.6. The summed E-state index contributed by atoms with van der Waals surface area (Å²) in [7, 11) is 0. The molecule has 1 aromatic heterocycles. The van der Waals surface area contributed by atoms with Gasteiger partial charge in [0.05, 0.1) is 24.1 Å². The molecule has 0 bridgehead atoms. The number of rotatable bonds is 4. The van der Waals surface area contributed by atoms with Gasteiger partial charge in [0.2, 0.25) is 5.91 Å². The van der Waals surface area contributed by atoms with Crippen LogP contribution in [0.1, 0.15) is 43.2 Å². The topological polar surface area (TPSA) is 78.2 Å². The van der Waals surface area contributed by atoms with E-state index in [4.69, 9.17) is 4.42 Å². The number of nitrogens with zero attached hydrogens (tertiary/aromatic N) is 3. The lowest BCUT2D eigenvalue weighted by molar-refractivity contribution is -0.142. The quantitative estimate of drug-likeness (QED) is 0.864. The standard InChI is InChI=1S/C22H26N4O3/c1-15-6-8-16(9-7-15)17-13-18(19-5-4-12-29-19)26(24-17)20(27)14-25-11-10-23-21(28)22(25,2)3/h4-9,12,18H,10-11,13-14H2,1-3H3,(H,23,28). The molecule has 2 aromatic rings. The number of nitrogens with one attached hydrogen (secondary N) is 1. The summed E-state index contributed by atoms with van der Waals surface area (Å²) in [6.45, 7) is 7.00. The SMILES string of the molecule is Cc1ccc(C2=NN(C(=O)CN3CCNC(=O)C3(C)C)C(c3ccco3)C2)cc1. The Bertz CT molecular complexity index is 931. The molecule has 29 heavy (non-hydrogen) atoms. The number of carbonyl (C=O) groups excluding carboxylic acids is 2. The highest BCUT2D eigenvalue weighted by Gasteiger charge is 2.41. The van der Waals surface area contributed by atoms with Crippen LogP contribution in [-0.2, 0) is 9.59 Å². The van der Waals surface area contributed by atoms with E-state index >= 15 is 0 Å². The van der Waals surface area contributed by atoms with Crippen LogP contribution in [0.15, 0.2) is 52.2 Å². The van der Waals surface area contributed by atoms with Gasteiger partial charge in [-0.05, 0) is 38.5 Å². The van der Waals surface area contributed by atoms with Gasteiger partial charge in [0.1, 0.15) is 11.8 Å². The second-order valence-electron chi connectivity index (χ2n) is 8.12. The smallest absolute Gasteiger partial charge is 0.257 e. The minimum atomic E-state index is -0.739. The van der Waals surface area contributed by atoms with Crippen LogP contribution < -0.4 is 5.32 Å². The molecule has 1 aromatic carbocycles. The lowest BCUT2D eigenvalue weighted by Crippen LogP contribution is -2.63. The second kappa shape index (κ2) is 7.48. The number of benzene rings is 1. The number of amides is 2. The molecular weight excluding hydrogens is 368 g/mol. The molecule has 1 unspecified atom stereocenters. The van der Waals surface area contributed by atoms with Crippen molar-refractivity contribution < 1.29 is 14.0 Å². The molecule has 7 heteroatoms. The molecule has 0 aliphatic carbocycles. The number of aryl methyl sites for hydroxylation is 1. The van der Waals surface area contributed by atoms with E-state index in [-0.39, 0.29) is 24.4 Å². The normalized spacial score (nSPS) is 21.8. The molecule has 2 aliphatic heterocycles. The van der Waals surface area contributed by atoms with Gasteiger partial charge in [0, 0.05) is 19.5 Å². The highest BCUT2D eigenvalue weighted by Crippen LogP contribution is 2.33. The molecule has 4 rings (SSSR count). The van der Waals surface area contributed by atoms with E-state index in [1.54, 1.807) is 6.26 Å². The van der Waals surface area contributed by atoms with E-state index < -0.39 is 5.54 Å². The molecule has 1 saturated heterocycles. The summed E-state index contributed by atoms with van der Waals surface area (Å²) in [6.07, 6.45) is 2.20. The fourth-order valence-electron chi connectivity index (χ4n) is 3.82. The molecule has 2 amide bonds. The van der Waals surface area contributed by atoms with Gasteiger partial charge in [-0.2, -0.15) is 5.10 Å². The number of furan rings is 1. The first-order chi connectivity index (χ1) is 13.9. The van der Waals surface area contributed by atoms with Crippen LogP contribution in [0.25, 0.3) is 0 Å². The van der Waals surface area contributed by atoms with Crippen LogP contribution in [0.2, 0.25) is 0 Å². The van der Waals surface area contributed by atoms with Crippen molar-refractivity contribution in [3.05, 3.63) is 59.5 Å². The van der Waals surface area contributed by atoms with E-state index in [0.29, 0.717) is 25.3 Å². The maximum Gasteiger partial charge on any atom is 0.257 e. The third kappa shape index (κ3) is 3.70. The highest BCUT2D eigenvalue weighted by atomic mass is 16.3. The molecule has 1 atom stereocenters. The molecule has 2 aliphatic rings. The highest BCUT2D eigenvalue weighted by molar-refractivity contribution is 6.03. The van der Waals surface area contributed by atoms with E-state index in [2.05, 4.69) is 10.4 Å². The Hall–Kier alpha value is -2.93. The van der Waals surface area contributed by atoms with Gasteiger partial charge in [-0.25, -0.2) is 5.01 Å². The van der Waals surface area contributed by atoms with E-state index in [1.165, 1.54) is 10.6 Å². The summed E-state index contributed by atoms with van der Waals surface area (Å²) in [4.78, 5) is 27.4. The minimum Gasteiger partial charge on any atom is -0.467 e. The van der Waals surface area contributed by atoms with Gasteiger partial charge in [-0.15, -0.1) is 0 Å². The first-order valence-corrected chi connectivity index (χ1v) is 9.89. The summed E-state index contributed by atoms with van der Waals surface area (Å²) in [6, 6.07) is 11.5. The van der Waals surface area contributed by atoms with E-state index in [0.717, 1.165) is 11.3 Å². The summed E-state index contributed by atoms with van der Waals surface area (Å²) < 4.78 is 5.60. The van der Waals surface area contributed by atoms with Crippen molar-refractivity contribution in [2.24, 2.45) is 5.10 Å². The van der Waals surface area contributed by atoms with E-state index in [1.807, 2.05) is 62.1 Å². The zero-order valence-corrected chi connectivity index (χ0v) is 17.0. The van der Waals surface area contributed by atoms with Gasteiger partial charge < -0.3 is 9.73 Å². The van der Waals surface area contributed by atoms with Crippen LogP contribution in [0.5, 0.6) is 0 Å². The fraction of sp³-hybridized carbons (Fsp3) is 0.409. The molecule has 0 radical (unpaired) electrons. The van der Waals surface area contributed by atoms with Crippen LogP contribution >= 0.6 is 0 Å². The number of hydrazone groups is 1. The largest absolute Gasteiger partial charge is 0.467 e. The monoisotopic (exact) mass is 394 g/mol. The molecule has 0 spiro atoms. The van der Waals surface area contributed by atoms with Crippen molar-refractivity contribution in [1.82, 2.24) is 15.2 Å². The third-order valence-corrected chi connectivity index (χ3v) is 5.76. The van der Waals surface area contributed by atoms with Gasteiger partial charge in [0.15, 0.2) is 0 Å². The predicted molar refractivity (Wildman–Crippen MR) is 109 cm³/mol. The summed E-state index contributed by atoms with van der Waals surface area (Å²) >= 11 is 0. The average molecular weight is 394 g/mol. The van der Waals surface area contributed by atoms with Crippen molar-refractivity contribution in [3.8, 4) is 0 Å². The summed E-state index contributed by atoms with van der Waals surface area (Å²) in [5.41, 5.74) is 2.29. The molecule has 3 heterocycles. The number of carbonyl (C=O) groups is 2. The predicted octanol–water partition coefficient (Wildman–Crippen LogP) is 2.48. The Kier molecular flexibility index (Phi) is 5.00. The lowest BCUT2D eigenvalue weighted by atomic mass is 9.99. The fourth-order valence-corrected chi connectivity index (χ4v) is 3.82. The lowest BCUT2D eigenvalue weighted by Gasteiger charge is -2.41. The molecule has 1 N–H and O–H groups in total. The number of hydrogen-bond donors (Lipinski definition) is 1. The Balaban J connectivity index is 1.60. The molecule has 152 valence electrons. The van der Waals surface area contributed by atoms with Crippen LogP contribution in [0, 0.1) is 6.92 Å². The Morgan fingerprint density at radius 3 is 2.72 bits per heavy atom. The van der Waals surface area contributed by atoms with E-state index in [9.17, 15) is 9.59 Å². The first kappa shape index (κ1) is 19.4. The van der Waals surface area contributed by atoms with Gasteiger partial charge in [-0.3, -0.25) is 14.5 Å². The van der Waals surface area contributed by atoms with Crippen molar-refractivity contribution in [2.45, 2.75) is 38.8 Å². The summed E-state index contributed by atoms with van der Waals surface area (Å²) in [5.74, 6) is 0.501. The third-order valence-electron chi connectivity index (χ3n) is 5.76. The van der Waals surface area contributed by atoms with Gasteiger partial charge in [0.25, 0.3) is 5.91 Å². The van der Waals surface area contributed by atoms with Crippen molar-refractivity contribution in [2.75, 3.05) is 19.6 Å². The Morgan fingerprint density at radius 2 is 2.03 bits per heavy atom. The van der Waals surface area contributed by atoms with Crippen molar-refractivity contribution in [3.63, 3.8) is 0 Å². The second-order valence-corrected chi connectivity index (χ2v) is 8.12. The van der Waals surface area contributed by atoms with Crippen LogP contribution in [-0.4, -0.2) is 52.6 Å². The van der Waals surface area contributed by atoms with Crippen molar-refractivity contribution in [1.29, 1.82) is 0 Å². The Morgan fingerprint density at radius 1 is 1.28 bits per heavy atom.